The molecular formula is C16H12F4N4O2S. The molecule has 3 rings (SSSR count). The van der Waals surface area contributed by atoms with Crippen molar-refractivity contribution in [2.75, 3.05) is 4.72 Å². The van der Waals surface area contributed by atoms with Gasteiger partial charge < -0.3 is 4.57 Å². The van der Waals surface area contributed by atoms with Gasteiger partial charge in [-0.25, -0.2) is 12.8 Å². The second kappa shape index (κ2) is 6.65. The zero-order valence-corrected chi connectivity index (χ0v) is 14.5. The standard InChI is InChI=1S/C16H12F4N4O2S/c1-24-9-21-22-15(24)10-3-2-4-11(7-10)23-27(25,26)12-5-6-14(17)13(8-12)16(18,19)20/h2-9,23H,1H3. The minimum atomic E-state index is -5.01. The number of anilines is 1. The molecule has 0 aliphatic carbocycles. The number of nitrogens with zero attached hydrogens (tertiary/aromatic N) is 3. The Kier molecular flexibility index (Phi) is 4.64. The summed E-state index contributed by atoms with van der Waals surface area (Å²) in [6.45, 7) is 0. The molecule has 6 nitrogen and oxygen atoms in total. The Morgan fingerprint density at radius 1 is 1.11 bits per heavy atom. The van der Waals surface area contributed by atoms with E-state index in [2.05, 4.69) is 14.9 Å². The van der Waals surface area contributed by atoms with Crippen molar-refractivity contribution in [3.63, 3.8) is 0 Å². The Hall–Kier alpha value is -2.95. The zero-order chi connectivity index (χ0) is 19.8. The number of hydrogen-bond donors (Lipinski definition) is 1. The number of rotatable bonds is 4. The van der Waals surface area contributed by atoms with E-state index in [0.29, 0.717) is 17.5 Å². The minimum absolute atomic E-state index is 0.105. The van der Waals surface area contributed by atoms with Gasteiger partial charge in [0.2, 0.25) is 0 Å². The van der Waals surface area contributed by atoms with Gasteiger partial charge >= 0.3 is 6.18 Å². The lowest BCUT2D eigenvalue weighted by Crippen LogP contribution is -2.15. The van der Waals surface area contributed by atoms with Crippen LogP contribution in [0.25, 0.3) is 11.4 Å². The van der Waals surface area contributed by atoms with Gasteiger partial charge in [0.25, 0.3) is 10.0 Å². The van der Waals surface area contributed by atoms with Crippen molar-refractivity contribution in [1.29, 1.82) is 0 Å². The van der Waals surface area contributed by atoms with E-state index in [0.717, 1.165) is 6.07 Å². The van der Waals surface area contributed by atoms with Crippen LogP contribution < -0.4 is 4.72 Å². The van der Waals surface area contributed by atoms with Crippen LogP contribution in [0, 0.1) is 5.82 Å². The molecule has 0 spiro atoms. The molecule has 1 N–H and O–H groups in total. The minimum Gasteiger partial charge on any atom is -0.317 e. The number of benzene rings is 2. The van der Waals surface area contributed by atoms with Gasteiger partial charge in [-0.15, -0.1) is 10.2 Å². The number of halogens is 4. The second-order valence-electron chi connectivity index (χ2n) is 5.59. The molecule has 27 heavy (non-hydrogen) atoms. The Bertz CT molecular complexity index is 1090. The van der Waals surface area contributed by atoms with Crippen LogP contribution in [0.15, 0.2) is 53.7 Å². The topological polar surface area (TPSA) is 76.9 Å². The van der Waals surface area contributed by atoms with E-state index in [-0.39, 0.29) is 11.8 Å². The van der Waals surface area contributed by atoms with E-state index < -0.39 is 32.5 Å². The molecular weight excluding hydrogens is 388 g/mol. The molecule has 1 aromatic heterocycles. The van der Waals surface area contributed by atoms with Crippen molar-refractivity contribution >= 4 is 15.7 Å². The third-order valence-corrected chi connectivity index (χ3v) is 5.02. The van der Waals surface area contributed by atoms with Gasteiger partial charge in [0.1, 0.15) is 12.1 Å². The van der Waals surface area contributed by atoms with Crippen LogP contribution in [0.5, 0.6) is 0 Å². The lowest BCUT2D eigenvalue weighted by molar-refractivity contribution is -0.140. The smallest absolute Gasteiger partial charge is 0.317 e. The van der Waals surface area contributed by atoms with Crippen molar-refractivity contribution in [3.05, 3.63) is 60.2 Å². The van der Waals surface area contributed by atoms with Gasteiger partial charge in [-0.2, -0.15) is 13.2 Å². The van der Waals surface area contributed by atoms with Crippen molar-refractivity contribution in [3.8, 4) is 11.4 Å². The highest BCUT2D eigenvalue weighted by Crippen LogP contribution is 2.33. The fraction of sp³-hybridized carbons (Fsp3) is 0.125. The summed E-state index contributed by atoms with van der Waals surface area (Å²) in [4.78, 5) is -0.708. The van der Waals surface area contributed by atoms with Gasteiger partial charge in [-0.3, -0.25) is 4.72 Å². The summed E-state index contributed by atoms with van der Waals surface area (Å²) in [6, 6.07) is 7.58. The molecule has 0 saturated carbocycles. The molecule has 0 aliphatic heterocycles. The lowest BCUT2D eigenvalue weighted by atomic mass is 10.2. The van der Waals surface area contributed by atoms with E-state index in [4.69, 9.17) is 0 Å². The molecule has 0 fully saturated rings. The summed E-state index contributed by atoms with van der Waals surface area (Å²) in [5.74, 6) is -1.08. The van der Waals surface area contributed by atoms with E-state index in [1.54, 1.807) is 23.7 Å². The fourth-order valence-corrected chi connectivity index (χ4v) is 3.44. The van der Waals surface area contributed by atoms with Crippen LogP contribution >= 0.6 is 0 Å². The van der Waals surface area contributed by atoms with Gasteiger partial charge in [0, 0.05) is 18.3 Å². The Balaban J connectivity index is 1.95. The summed E-state index contributed by atoms with van der Waals surface area (Å²) in [7, 11) is -2.67. The second-order valence-corrected chi connectivity index (χ2v) is 7.27. The van der Waals surface area contributed by atoms with Crippen LogP contribution in [0.4, 0.5) is 23.2 Å². The lowest BCUT2D eigenvalue weighted by Gasteiger charge is -2.12. The highest BCUT2D eigenvalue weighted by atomic mass is 32.2. The predicted molar refractivity (Wildman–Crippen MR) is 88.6 cm³/mol. The molecule has 3 aromatic rings. The molecule has 2 aromatic carbocycles. The normalized spacial score (nSPS) is 12.2. The maximum atomic E-state index is 13.4. The largest absolute Gasteiger partial charge is 0.419 e. The summed E-state index contributed by atoms with van der Waals surface area (Å²) in [6.07, 6.45) is -3.55. The fourth-order valence-electron chi connectivity index (χ4n) is 2.37. The van der Waals surface area contributed by atoms with Crippen molar-refractivity contribution in [1.82, 2.24) is 14.8 Å². The van der Waals surface area contributed by atoms with Crippen LogP contribution in [-0.4, -0.2) is 23.2 Å². The third kappa shape index (κ3) is 3.92. The van der Waals surface area contributed by atoms with E-state index in [1.807, 2.05) is 0 Å². The van der Waals surface area contributed by atoms with Crippen molar-refractivity contribution in [2.24, 2.45) is 7.05 Å². The quantitative estimate of drug-likeness (QED) is 0.681. The first-order valence-corrected chi connectivity index (χ1v) is 8.90. The van der Waals surface area contributed by atoms with Gasteiger partial charge in [-0.1, -0.05) is 12.1 Å². The maximum Gasteiger partial charge on any atom is 0.419 e. The molecule has 11 heteroatoms. The van der Waals surface area contributed by atoms with Crippen LogP contribution in [-0.2, 0) is 23.2 Å². The van der Waals surface area contributed by atoms with E-state index in [1.165, 1.54) is 18.5 Å². The molecule has 0 bridgehead atoms. The highest BCUT2D eigenvalue weighted by Gasteiger charge is 2.35. The average molecular weight is 400 g/mol. The van der Waals surface area contributed by atoms with Crippen molar-refractivity contribution < 1.29 is 26.0 Å². The third-order valence-electron chi connectivity index (χ3n) is 3.64. The van der Waals surface area contributed by atoms with E-state index >= 15 is 0 Å². The van der Waals surface area contributed by atoms with Gasteiger partial charge in [0.05, 0.1) is 10.5 Å². The summed E-state index contributed by atoms with van der Waals surface area (Å²) in [5, 5.41) is 7.62. The number of aryl methyl sites for hydroxylation is 1. The van der Waals surface area contributed by atoms with Crippen molar-refractivity contribution in [2.45, 2.75) is 11.1 Å². The predicted octanol–water partition coefficient (Wildman–Crippen LogP) is 3.44. The number of nitrogens with one attached hydrogen (secondary N) is 1. The SMILES string of the molecule is Cn1cnnc1-c1cccc(NS(=O)(=O)c2ccc(F)c(C(F)(F)F)c2)c1. The van der Waals surface area contributed by atoms with E-state index in [9.17, 15) is 26.0 Å². The average Bonchev–Trinajstić information content (AvgIpc) is 3.00. The first kappa shape index (κ1) is 18.8. The van der Waals surface area contributed by atoms with Crippen LogP contribution in [0.3, 0.4) is 0 Å². The summed E-state index contributed by atoms with van der Waals surface area (Å²) >= 11 is 0. The Morgan fingerprint density at radius 2 is 1.85 bits per heavy atom. The number of hydrogen-bond acceptors (Lipinski definition) is 4. The molecule has 0 saturated heterocycles. The Morgan fingerprint density at radius 3 is 2.48 bits per heavy atom. The number of aromatic nitrogens is 3. The monoisotopic (exact) mass is 400 g/mol. The number of alkyl halides is 3. The molecule has 0 unspecified atom stereocenters. The highest BCUT2D eigenvalue weighted by molar-refractivity contribution is 7.92. The number of sulfonamides is 1. The molecule has 0 aliphatic rings. The van der Waals surface area contributed by atoms with Crippen LogP contribution in [0.2, 0.25) is 0 Å². The molecule has 0 atom stereocenters. The molecule has 0 radical (unpaired) electrons. The van der Waals surface area contributed by atoms with Gasteiger partial charge in [0.15, 0.2) is 5.82 Å². The Labute approximate surface area is 151 Å². The first-order valence-electron chi connectivity index (χ1n) is 7.42. The zero-order valence-electron chi connectivity index (χ0n) is 13.7. The molecule has 0 amide bonds. The maximum absolute atomic E-state index is 13.4. The summed E-state index contributed by atoms with van der Waals surface area (Å²) < 4.78 is 80.5. The molecule has 142 valence electrons. The van der Waals surface area contributed by atoms with Crippen LogP contribution in [0.1, 0.15) is 5.56 Å². The summed E-state index contributed by atoms with van der Waals surface area (Å²) in [5.41, 5.74) is -1.00. The van der Waals surface area contributed by atoms with Gasteiger partial charge in [-0.05, 0) is 30.3 Å². The molecule has 1 heterocycles. The first-order chi connectivity index (χ1) is 12.6.